The van der Waals surface area contributed by atoms with Gasteiger partial charge in [0.15, 0.2) is 0 Å². The van der Waals surface area contributed by atoms with Gasteiger partial charge in [0.2, 0.25) is 0 Å². The van der Waals surface area contributed by atoms with Crippen LogP contribution in [0, 0.1) is 0 Å². The lowest BCUT2D eigenvalue weighted by Gasteiger charge is -2.01. The minimum atomic E-state index is 0.739. The summed E-state index contributed by atoms with van der Waals surface area (Å²) in [5.74, 6) is 0. The number of halogens is 1. The molecule has 3 nitrogen and oxygen atoms in total. The molecule has 0 spiro atoms. The van der Waals surface area contributed by atoms with Gasteiger partial charge in [-0.1, -0.05) is 25.4 Å². The van der Waals surface area contributed by atoms with Gasteiger partial charge in [0.05, 0.1) is 11.2 Å². The van der Waals surface area contributed by atoms with Gasteiger partial charge in [-0.3, -0.25) is 4.68 Å². The summed E-state index contributed by atoms with van der Waals surface area (Å²) in [5, 5.41) is 6.05. The lowest BCUT2D eigenvalue weighted by atomic mass is 10.1. The van der Waals surface area contributed by atoms with Crippen molar-refractivity contribution < 1.29 is 0 Å². The summed E-state index contributed by atoms with van der Waals surface area (Å²) in [5.41, 5.74) is 3.11. The molecule has 0 bridgehead atoms. The number of aromatic nitrogens is 3. The second kappa shape index (κ2) is 5.27. The van der Waals surface area contributed by atoms with E-state index in [1.807, 2.05) is 51.6 Å². The van der Waals surface area contributed by atoms with Crippen molar-refractivity contribution >= 4 is 22.5 Å². The smallest absolute Gasteiger partial charge is 0.0568 e. The van der Waals surface area contributed by atoms with E-state index in [9.17, 15) is 0 Å². The number of hydrogen-bond donors (Lipinski definition) is 1. The number of aromatic amines is 1. The van der Waals surface area contributed by atoms with E-state index in [-0.39, 0.29) is 0 Å². The minimum absolute atomic E-state index is 0.739. The normalized spacial score (nSPS) is 10.2. The van der Waals surface area contributed by atoms with Crippen molar-refractivity contribution in [1.82, 2.24) is 14.8 Å². The highest BCUT2D eigenvalue weighted by Gasteiger charge is 2.07. The van der Waals surface area contributed by atoms with Crippen LogP contribution in [0.4, 0.5) is 0 Å². The molecular weight excluding hydrogens is 246 g/mol. The van der Waals surface area contributed by atoms with Crippen LogP contribution in [0.25, 0.3) is 22.0 Å². The Morgan fingerprint density at radius 3 is 2.72 bits per heavy atom. The Balaban J connectivity index is 0.000000574. The monoisotopic (exact) mass is 261 g/mol. The zero-order chi connectivity index (χ0) is 13.1. The van der Waals surface area contributed by atoms with Crippen LogP contribution in [0.3, 0.4) is 0 Å². The SMILES string of the molecule is CC.Cn1cc(-c2cc3cc[nH]c3cc2Cl)cn1. The number of nitrogens with one attached hydrogen (secondary N) is 1. The van der Waals surface area contributed by atoms with Gasteiger partial charge >= 0.3 is 0 Å². The van der Waals surface area contributed by atoms with Gasteiger partial charge in [-0.05, 0) is 18.2 Å². The molecule has 2 heterocycles. The Morgan fingerprint density at radius 1 is 1.28 bits per heavy atom. The van der Waals surface area contributed by atoms with Gasteiger partial charge < -0.3 is 4.98 Å². The van der Waals surface area contributed by atoms with Crippen LogP contribution in [-0.4, -0.2) is 14.8 Å². The number of nitrogens with zero attached hydrogens (tertiary/aromatic N) is 2. The average Bonchev–Trinajstić information content (AvgIpc) is 2.99. The molecule has 0 saturated carbocycles. The summed E-state index contributed by atoms with van der Waals surface area (Å²) >= 11 is 6.25. The first-order valence-corrected chi connectivity index (χ1v) is 6.37. The lowest BCUT2D eigenvalue weighted by Crippen LogP contribution is -1.84. The molecule has 0 radical (unpaired) electrons. The quantitative estimate of drug-likeness (QED) is 0.698. The summed E-state index contributed by atoms with van der Waals surface area (Å²) in [6, 6.07) is 6.05. The lowest BCUT2D eigenvalue weighted by molar-refractivity contribution is 0.768. The first-order valence-electron chi connectivity index (χ1n) is 6.00. The molecule has 1 N–H and O–H groups in total. The molecular formula is C14H16ClN3. The topological polar surface area (TPSA) is 33.6 Å². The molecule has 2 aromatic heterocycles. The van der Waals surface area contributed by atoms with E-state index in [0.29, 0.717) is 0 Å². The van der Waals surface area contributed by atoms with Gasteiger partial charge in [-0.15, -0.1) is 0 Å². The summed E-state index contributed by atoms with van der Waals surface area (Å²) in [6.07, 6.45) is 5.69. The van der Waals surface area contributed by atoms with Crippen molar-refractivity contribution in [2.45, 2.75) is 13.8 Å². The molecule has 94 valence electrons. The van der Waals surface area contributed by atoms with E-state index in [0.717, 1.165) is 27.1 Å². The van der Waals surface area contributed by atoms with Crippen LogP contribution >= 0.6 is 11.6 Å². The highest BCUT2D eigenvalue weighted by atomic mass is 35.5. The van der Waals surface area contributed by atoms with E-state index in [4.69, 9.17) is 11.6 Å². The number of H-pyrrole nitrogens is 1. The van der Waals surface area contributed by atoms with Crippen LogP contribution < -0.4 is 0 Å². The number of fused-ring (bicyclic) bond motifs is 1. The molecule has 0 saturated heterocycles. The third kappa shape index (κ3) is 2.27. The van der Waals surface area contributed by atoms with Gasteiger partial charge in [0.25, 0.3) is 0 Å². The van der Waals surface area contributed by atoms with Crippen LogP contribution in [0.5, 0.6) is 0 Å². The van der Waals surface area contributed by atoms with Crippen LogP contribution in [0.1, 0.15) is 13.8 Å². The third-order valence-corrected chi connectivity index (χ3v) is 2.97. The Labute approximate surface area is 111 Å². The van der Waals surface area contributed by atoms with E-state index in [1.54, 1.807) is 4.68 Å². The second-order valence-electron chi connectivity index (χ2n) is 3.80. The summed E-state index contributed by atoms with van der Waals surface area (Å²) in [6.45, 7) is 4.00. The number of hydrogen-bond acceptors (Lipinski definition) is 1. The average molecular weight is 262 g/mol. The standard InChI is InChI=1S/C12H10ClN3.C2H6/c1-16-7-9(6-15-16)10-4-8-2-3-14-12(8)5-11(10)13;1-2/h2-7,14H,1H3;1-2H3. The van der Waals surface area contributed by atoms with Gasteiger partial charge in [-0.25, -0.2) is 0 Å². The maximum Gasteiger partial charge on any atom is 0.0568 e. The van der Waals surface area contributed by atoms with Crippen molar-refractivity contribution in [2.24, 2.45) is 7.05 Å². The molecule has 0 unspecified atom stereocenters. The highest BCUT2D eigenvalue weighted by Crippen LogP contribution is 2.31. The van der Waals surface area contributed by atoms with Crippen LogP contribution in [-0.2, 0) is 7.05 Å². The van der Waals surface area contributed by atoms with Gasteiger partial charge in [-0.2, -0.15) is 5.10 Å². The third-order valence-electron chi connectivity index (χ3n) is 2.66. The molecule has 0 aliphatic heterocycles. The molecule has 0 atom stereocenters. The Morgan fingerprint density at radius 2 is 2.06 bits per heavy atom. The van der Waals surface area contributed by atoms with E-state index in [1.165, 1.54) is 0 Å². The van der Waals surface area contributed by atoms with Crippen molar-refractivity contribution in [2.75, 3.05) is 0 Å². The molecule has 0 fully saturated rings. The predicted octanol–water partition coefficient (Wildman–Crippen LogP) is 4.25. The molecule has 0 aliphatic carbocycles. The van der Waals surface area contributed by atoms with Crippen LogP contribution in [0.15, 0.2) is 36.8 Å². The van der Waals surface area contributed by atoms with Gasteiger partial charge in [0.1, 0.15) is 0 Å². The molecule has 3 aromatic rings. The van der Waals surface area contributed by atoms with Crippen molar-refractivity contribution in [3.05, 3.63) is 41.8 Å². The first-order chi connectivity index (χ1) is 8.74. The number of benzene rings is 1. The molecule has 18 heavy (non-hydrogen) atoms. The zero-order valence-electron chi connectivity index (χ0n) is 10.7. The predicted molar refractivity (Wildman–Crippen MR) is 76.9 cm³/mol. The van der Waals surface area contributed by atoms with Crippen molar-refractivity contribution in [3.8, 4) is 11.1 Å². The van der Waals surface area contributed by atoms with E-state index >= 15 is 0 Å². The van der Waals surface area contributed by atoms with Crippen molar-refractivity contribution in [1.29, 1.82) is 0 Å². The summed E-state index contributed by atoms with van der Waals surface area (Å²) in [4.78, 5) is 3.14. The Hall–Kier alpha value is -1.74. The number of rotatable bonds is 1. The Bertz CT molecular complexity index is 652. The Kier molecular flexibility index (Phi) is 3.72. The fourth-order valence-electron chi connectivity index (χ4n) is 1.86. The zero-order valence-corrected chi connectivity index (χ0v) is 11.5. The molecule has 4 heteroatoms. The van der Waals surface area contributed by atoms with Crippen molar-refractivity contribution in [3.63, 3.8) is 0 Å². The maximum absolute atomic E-state index is 6.25. The fourth-order valence-corrected chi connectivity index (χ4v) is 2.13. The second-order valence-corrected chi connectivity index (χ2v) is 4.21. The number of aryl methyl sites for hydroxylation is 1. The highest BCUT2D eigenvalue weighted by molar-refractivity contribution is 6.34. The molecule has 0 amide bonds. The molecule has 0 aliphatic rings. The van der Waals surface area contributed by atoms with E-state index in [2.05, 4.69) is 16.1 Å². The largest absolute Gasteiger partial charge is 0.361 e. The first kappa shape index (κ1) is 12.7. The minimum Gasteiger partial charge on any atom is -0.361 e. The maximum atomic E-state index is 6.25. The summed E-state index contributed by atoms with van der Waals surface area (Å²) < 4.78 is 1.77. The fraction of sp³-hybridized carbons (Fsp3) is 0.214. The summed E-state index contributed by atoms with van der Waals surface area (Å²) in [7, 11) is 1.90. The molecule has 1 aromatic carbocycles. The van der Waals surface area contributed by atoms with E-state index < -0.39 is 0 Å². The van der Waals surface area contributed by atoms with Crippen LogP contribution in [0.2, 0.25) is 5.02 Å². The van der Waals surface area contributed by atoms with Gasteiger partial charge in [0, 0.05) is 41.5 Å². The molecule has 3 rings (SSSR count).